The molecule has 1 unspecified atom stereocenters. The topological polar surface area (TPSA) is 124 Å². The van der Waals surface area contributed by atoms with Crippen LogP contribution in [-0.2, 0) is 18.2 Å². The van der Waals surface area contributed by atoms with Crippen molar-refractivity contribution in [3.63, 3.8) is 0 Å². The molecule has 172 valence electrons. The number of nitrogens with one attached hydrogen (secondary N) is 1. The third-order valence-corrected chi connectivity index (χ3v) is 5.66. The Labute approximate surface area is 190 Å². The number of allylic oxidation sites excluding steroid dienone is 4. The quantitative estimate of drug-likeness (QED) is 0.455. The number of ether oxygens (including phenoxy) is 1. The molecule has 1 atom stereocenters. The first kappa shape index (κ1) is 21.5. The van der Waals surface area contributed by atoms with Crippen LogP contribution in [0.15, 0.2) is 28.2 Å². The average Bonchev–Trinajstić information content (AvgIpc) is 3.42. The van der Waals surface area contributed by atoms with Gasteiger partial charge >= 0.3 is 0 Å². The zero-order valence-electron chi connectivity index (χ0n) is 18.6. The standard InChI is InChI=1S/C23H27N7O3/c1-30-28-21(27-29-30)16-7-8-17-18(14-16)33-23-20(17)22(24-9-11-32-12-10-31)25-19(26-23)13-15-5-3-2-4-6-15/h3,5-6,8,14,16,31H,2,4,7,9-13H2,1H3,(H,24,25,26). The minimum atomic E-state index is 0.0000132. The normalized spacial score (nSPS) is 17.4. The highest BCUT2D eigenvalue weighted by Crippen LogP contribution is 2.23. The summed E-state index contributed by atoms with van der Waals surface area (Å²) in [4.78, 5) is 11.1. The summed E-state index contributed by atoms with van der Waals surface area (Å²) < 4.78 is 11.6. The average molecular weight is 450 g/mol. The number of anilines is 1. The Morgan fingerprint density at radius 1 is 1.24 bits per heavy atom. The molecule has 2 aliphatic carbocycles. The van der Waals surface area contributed by atoms with Gasteiger partial charge in [-0.2, -0.15) is 9.78 Å². The van der Waals surface area contributed by atoms with Crippen LogP contribution in [0.25, 0.3) is 23.3 Å². The van der Waals surface area contributed by atoms with Crippen molar-refractivity contribution < 1.29 is 14.3 Å². The van der Waals surface area contributed by atoms with E-state index in [1.165, 1.54) is 10.4 Å². The minimum absolute atomic E-state index is 0.0000132. The van der Waals surface area contributed by atoms with Gasteiger partial charge in [0, 0.05) is 24.1 Å². The van der Waals surface area contributed by atoms with E-state index in [1.54, 1.807) is 7.05 Å². The van der Waals surface area contributed by atoms with Gasteiger partial charge in [0.25, 0.3) is 0 Å². The van der Waals surface area contributed by atoms with E-state index in [4.69, 9.17) is 24.2 Å². The van der Waals surface area contributed by atoms with Crippen LogP contribution in [0.1, 0.15) is 36.8 Å². The molecule has 0 saturated heterocycles. The lowest BCUT2D eigenvalue weighted by Crippen LogP contribution is -2.26. The van der Waals surface area contributed by atoms with Crippen LogP contribution in [0.4, 0.5) is 5.82 Å². The maximum absolute atomic E-state index is 8.91. The first-order chi connectivity index (χ1) is 16.2. The second kappa shape index (κ2) is 9.63. The summed E-state index contributed by atoms with van der Waals surface area (Å²) in [5.41, 5.74) is 2.52. The Morgan fingerprint density at radius 3 is 2.97 bits per heavy atom. The van der Waals surface area contributed by atoms with Gasteiger partial charge in [0.15, 0.2) is 5.82 Å². The van der Waals surface area contributed by atoms with Gasteiger partial charge in [0.2, 0.25) is 5.71 Å². The summed E-state index contributed by atoms with van der Waals surface area (Å²) in [6, 6.07) is 0. The van der Waals surface area contributed by atoms with Crippen LogP contribution in [0.5, 0.6) is 0 Å². The van der Waals surface area contributed by atoms with E-state index < -0.39 is 0 Å². The zero-order chi connectivity index (χ0) is 22.6. The summed E-state index contributed by atoms with van der Waals surface area (Å²) in [7, 11) is 1.76. The fourth-order valence-electron chi connectivity index (χ4n) is 4.13. The molecule has 0 aliphatic heterocycles. The van der Waals surface area contributed by atoms with E-state index in [0.29, 0.717) is 43.5 Å². The van der Waals surface area contributed by atoms with Gasteiger partial charge in [-0.3, -0.25) is 0 Å². The number of tetrazole rings is 1. The van der Waals surface area contributed by atoms with E-state index >= 15 is 0 Å². The van der Waals surface area contributed by atoms with Gasteiger partial charge in [0.05, 0.1) is 32.3 Å². The maximum atomic E-state index is 8.91. The van der Waals surface area contributed by atoms with E-state index in [0.717, 1.165) is 41.1 Å². The maximum Gasteiger partial charge on any atom is 0.232 e. The number of rotatable bonds is 9. The van der Waals surface area contributed by atoms with Gasteiger partial charge < -0.3 is 19.6 Å². The van der Waals surface area contributed by atoms with Crippen LogP contribution in [-0.4, -0.2) is 61.6 Å². The van der Waals surface area contributed by atoms with E-state index in [1.807, 2.05) is 6.08 Å². The van der Waals surface area contributed by atoms with Crippen molar-refractivity contribution in [1.29, 1.82) is 0 Å². The van der Waals surface area contributed by atoms with Crippen LogP contribution >= 0.6 is 0 Å². The van der Waals surface area contributed by atoms with Crippen molar-refractivity contribution >= 4 is 29.1 Å². The molecular weight excluding hydrogens is 422 g/mol. The lowest BCUT2D eigenvalue weighted by atomic mass is 9.99. The smallest absolute Gasteiger partial charge is 0.232 e. The lowest BCUT2D eigenvalue weighted by Gasteiger charge is -2.11. The van der Waals surface area contributed by atoms with Gasteiger partial charge in [-0.1, -0.05) is 24.3 Å². The molecular formula is C23H27N7O3. The van der Waals surface area contributed by atoms with Gasteiger partial charge in [-0.15, -0.1) is 10.2 Å². The molecule has 0 bridgehead atoms. The van der Waals surface area contributed by atoms with Crippen molar-refractivity contribution in [2.24, 2.45) is 7.05 Å². The number of nitrogens with zero attached hydrogens (tertiary/aromatic N) is 6. The number of hydrogen-bond donors (Lipinski definition) is 2. The predicted molar refractivity (Wildman–Crippen MR) is 123 cm³/mol. The Morgan fingerprint density at radius 2 is 2.18 bits per heavy atom. The number of aliphatic hydroxyl groups is 1. The fourth-order valence-corrected chi connectivity index (χ4v) is 4.13. The largest absolute Gasteiger partial charge is 0.438 e. The van der Waals surface area contributed by atoms with E-state index in [-0.39, 0.29) is 12.5 Å². The first-order valence-electron chi connectivity index (χ1n) is 11.2. The molecule has 10 heteroatoms. The molecule has 2 aliphatic rings. The van der Waals surface area contributed by atoms with Crippen LogP contribution in [0.3, 0.4) is 0 Å². The first-order valence-corrected chi connectivity index (χ1v) is 11.2. The van der Waals surface area contributed by atoms with E-state index in [2.05, 4.69) is 45.0 Å². The highest BCUT2D eigenvalue weighted by atomic mass is 16.5. The molecule has 0 fully saturated rings. The number of fused-ring (bicyclic) bond motifs is 3. The number of furan rings is 1. The monoisotopic (exact) mass is 449 g/mol. The summed E-state index contributed by atoms with van der Waals surface area (Å²) in [5, 5.41) is 26.6. The van der Waals surface area contributed by atoms with Crippen molar-refractivity contribution in [3.05, 3.63) is 46.1 Å². The van der Waals surface area contributed by atoms with Gasteiger partial charge in [0.1, 0.15) is 17.1 Å². The van der Waals surface area contributed by atoms with Crippen molar-refractivity contribution in [2.75, 3.05) is 31.7 Å². The Kier molecular flexibility index (Phi) is 6.27. The van der Waals surface area contributed by atoms with Gasteiger partial charge in [-0.25, -0.2) is 4.98 Å². The van der Waals surface area contributed by atoms with Crippen molar-refractivity contribution in [3.8, 4) is 0 Å². The second-order valence-corrected chi connectivity index (χ2v) is 8.10. The summed E-state index contributed by atoms with van der Waals surface area (Å²) in [6.45, 7) is 1.34. The zero-order valence-corrected chi connectivity index (χ0v) is 18.6. The number of hydrogen-bond acceptors (Lipinski definition) is 9. The third kappa shape index (κ3) is 4.71. The van der Waals surface area contributed by atoms with Gasteiger partial charge in [-0.05, 0) is 36.1 Å². The second-order valence-electron chi connectivity index (χ2n) is 8.10. The highest BCUT2D eigenvalue weighted by molar-refractivity contribution is 5.87. The van der Waals surface area contributed by atoms with Crippen molar-refractivity contribution in [2.45, 2.75) is 31.6 Å². The molecule has 0 radical (unpaired) electrons. The SMILES string of the molecule is Cn1nnc(C2C=c3oc4nc(CC5=CCCC=C5)nc(NCCOCCO)c4c3=CC2)n1. The van der Waals surface area contributed by atoms with Crippen molar-refractivity contribution in [1.82, 2.24) is 30.2 Å². The highest BCUT2D eigenvalue weighted by Gasteiger charge is 2.21. The molecule has 3 heterocycles. The number of aromatic nitrogens is 6. The molecule has 5 rings (SSSR count). The Balaban J connectivity index is 1.51. The molecule has 10 nitrogen and oxygen atoms in total. The van der Waals surface area contributed by atoms with Crippen LogP contribution in [0, 0.1) is 0 Å². The molecule has 3 aromatic heterocycles. The minimum Gasteiger partial charge on any atom is -0.438 e. The summed E-state index contributed by atoms with van der Waals surface area (Å²) in [5.74, 6) is 2.10. The fraction of sp³-hybridized carbons (Fsp3) is 0.435. The molecule has 0 spiro atoms. The van der Waals surface area contributed by atoms with Crippen LogP contribution in [0.2, 0.25) is 0 Å². The number of aliphatic hydroxyl groups excluding tert-OH is 1. The molecule has 0 amide bonds. The molecule has 0 aromatic carbocycles. The molecule has 0 saturated carbocycles. The number of aryl methyl sites for hydroxylation is 1. The summed E-state index contributed by atoms with van der Waals surface area (Å²) >= 11 is 0. The summed E-state index contributed by atoms with van der Waals surface area (Å²) in [6.07, 6.45) is 14.2. The predicted octanol–water partition coefficient (Wildman–Crippen LogP) is 0.735. The Hall–Kier alpha value is -3.37. The lowest BCUT2D eigenvalue weighted by molar-refractivity contribution is 0.0992. The van der Waals surface area contributed by atoms with Crippen LogP contribution < -0.4 is 16.0 Å². The molecule has 33 heavy (non-hydrogen) atoms. The van der Waals surface area contributed by atoms with E-state index in [9.17, 15) is 0 Å². The third-order valence-electron chi connectivity index (χ3n) is 5.66. The molecule has 3 aromatic rings. The molecule has 2 N–H and O–H groups in total. The Bertz CT molecular complexity index is 1320.